The average molecular weight is 394 g/mol. The lowest BCUT2D eigenvalue weighted by molar-refractivity contribution is -0.138. The first-order chi connectivity index (χ1) is 13.3. The van der Waals surface area contributed by atoms with E-state index in [1.807, 2.05) is 39.0 Å². The zero-order valence-electron chi connectivity index (χ0n) is 18.2. The molecule has 0 saturated heterocycles. The molecular formula is C21H35N3O4. The minimum absolute atomic E-state index is 0.110. The highest BCUT2D eigenvalue weighted by molar-refractivity contribution is 6.21. The Morgan fingerprint density at radius 1 is 1.18 bits per heavy atom. The van der Waals surface area contributed by atoms with E-state index in [-0.39, 0.29) is 17.5 Å². The highest BCUT2D eigenvalue weighted by Crippen LogP contribution is 2.34. The molecule has 7 nitrogen and oxygen atoms in total. The number of likely N-dealkylation sites (N-methyl/N-ethyl adjacent to an activating group) is 1. The van der Waals surface area contributed by atoms with Crippen molar-refractivity contribution in [3.63, 3.8) is 0 Å². The predicted octanol–water partition coefficient (Wildman–Crippen LogP) is 2.19. The maximum absolute atomic E-state index is 13.3. The summed E-state index contributed by atoms with van der Waals surface area (Å²) in [5, 5.41) is 0. The van der Waals surface area contributed by atoms with Crippen LogP contribution >= 0.6 is 0 Å². The summed E-state index contributed by atoms with van der Waals surface area (Å²) < 4.78 is 5.16. The largest absolute Gasteiger partial charge is 0.383 e. The Hall–Kier alpha value is -2.15. The fourth-order valence-electron chi connectivity index (χ4n) is 3.26. The third-order valence-corrected chi connectivity index (χ3v) is 4.93. The molecule has 0 aromatic rings. The molecule has 0 aliphatic heterocycles. The van der Waals surface area contributed by atoms with Gasteiger partial charge in [-0.05, 0) is 43.8 Å². The maximum Gasteiger partial charge on any atom is 0.266 e. The van der Waals surface area contributed by atoms with Crippen LogP contribution in [-0.2, 0) is 19.1 Å². The molecule has 0 aromatic heterocycles. The van der Waals surface area contributed by atoms with E-state index in [1.54, 1.807) is 14.2 Å². The molecule has 3 amide bonds. The van der Waals surface area contributed by atoms with Crippen molar-refractivity contribution < 1.29 is 19.1 Å². The second-order valence-electron chi connectivity index (χ2n) is 7.50. The first-order valence-electron chi connectivity index (χ1n) is 9.91. The van der Waals surface area contributed by atoms with Crippen molar-refractivity contribution in [1.82, 2.24) is 14.7 Å². The van der Waals surface area contributed by atoms with E-state index in [2.05, 4.69) is 0 Å². The van der Waals surface area contributed by atoms with Gasteiger partial charge in [0.1, 0.15) is 5.57 Å². The highest BCUT2D eigenvalue weighted by Gasteiger charge is 2.33. The van der Waals surface area contributed by atoms with Crippen LogP contribution in [0.3, 0.4) is 0 Å². The van der Waals surface area contributed by atoms with E-state index in [0.717, 1.165) is 35.3 Å². The molecule has 158 valence electrons. The molecule has 1 aliphatic rings. The summed E-state index contributed by atoms with van der Waals surface area (Å²) in [4.78, 5) is 42.7. The standard InChI is InChI=1S/C21H35N3O4/c1-7-8-12-24(15-25)21(27)19(20(26)23(5)16(2)14-28-6)18-11-9-10-17(18)13-22(3)4/h13,15-16H,7-12,14H2,1-6H3/b17-13+,19-18+. The van der Waals surface area contributed by atoms with Gasteiger partial charge >= 0.3 is 0 Å². The number of rotatable bonds is 10. The third-order valence-electron chi connectivity index (χ3n) is 4.93. The van der Waals surface area contributed by atoms with Gasteiger partial charge in [0, 0.05) is 41.0 Å². The topological polar surface area (TPSA) is 70.2 Å². The molecule has 1 rings (SSSR count). The van der Waals surface area contributed by atoms with Gasteiger partial charge in [0.2, 0.25) is 6.41 Å². The van der Waals surface area contributed by atoms with Crippen LogP contribution < -0.4 is 0 Å². The van der Waals surface area contributed by atoms with Gasteiger partial charge in [-0.15, -0.1) is 0 Å². The summed E-state index contributed by atoms with van der Waals surface area (Å²) in [6, 6.07) is -0.191. The predicted molar refractivity (Wildman–Crippen MR) is 109 cm³/mol. The molecule has 1 aliphatic carbocycles. The van der Waals surface area contributed by atoms with Crippen LogP contribution in [0.25, 0.3) is 0 Å². The van der Waals surface area contributed by atoms with E-state index in [0.29, 0.717) is 32.4 Å². The second-order valence-corrected chi connectivity index (χ2v) is 7.50. The molecule has 0 aromatic carbocycles. The zero-order chi connectivity index (χ0) is 21.3. The normalized spacial score (nSPS) is 18.0. The van der Waals surface area contributed by atoms with Crippen molar-refractivity contribution in [2.45, 2.75) is 52.0 Å². The number of unbranched alkanes of at least 4 members (excludes halogenated alkanes) is 1. The van der Waals surface area contributed by atoms with Crippen LogP contribution in [-0.4, -0.2) is 80.4 Å². The maximum atomic E-state index is 13.3. The number of hydrogen-bond acceptors (Lipinski definition) is 5. The monoisotopic (exact) mass is 393 g/mol. The van der Waals surface area contributed by atoms with Crippen LogP contribution in [0.5, 0.6) is 0 Å². The molecule has 1 unspecified atom stereocenters. The number of ether oxygens (including phenoxy) is 1. The quantitative estimate of drug-likeness (QED) is 0.246. The van der Waals surface area contributed by atoms with Crippen molar-refractivity contribution in [3.05, 3.63) is 22.9 Å². The molecule has 0 radical (unpaired) electrons. The number of nitrogens with zero attached hydrogens (tertiary/aromatic N) is 3. The lowest BCUT2D eigenvalue weighted by atomic mass is 10.00. The Morgan fingerprint density at radius 3 is 2.39 bits per heavy atom. The minimum Gasteiger partial charge on any atom is -0.383 e. The lowest BCUT2D eigenvalue weighted by Crippen LogP contribution is -2.43. The average Bonchev–Trinajstić information content (AvgIpc) is 3.09. The first kappa shape index (κ1) is 23.9. The molecule has 0 bridgehead atoms. The summed E-state index contributed by atoms with van der Waals surface area (Å²) in [6.45, 7) is 4.54. The molecule has 7 heteroatoms. The Morgan fingerprint density at radius 2 is 1.86 bits per heavy atom. The SMILES string of the molecule is CCCCN(C=O)C(=O)/C(C(=O)N(C)C(C)COC)=C1\CCC\C1=C/N(C)C. The van der Waals surface area contributed by atoms with Crippen molar-refractivity contribution in [3.8, 4) is 0 Å². The molecular weight excluding hydrogens is 358 g/mol. The van der Waals surface area contributed by atoms with Crippen LogP contribution in [0.1, 0.15) is 46.0 Å². The smallest absolute Gasteiger partial charge is 0.266 e. The molecule has 28 heavy (non-hydrogen) atoms. The molecule has 0 N–H and O–H groups in total. The Balaban J connectivity index is 3.42. The van der Waals surface area contributed by atoms with Gasteiger partial charge in [0.25, 0.3) is 11.8 Å². The van der Waals surface area contributed by atoms with Crippen molar-refractivity contribution >= 4 is 18.2 Å². The summed E-state index contributed by atoms with van der Waals surface area (Å²) in [7, 11) is 7.07. The molecule has 1 atom stereocenters. The summed E-state index contributed by atoms with van der Waals surface area (Å²) in [5.41, 5.74) is 1.85. The van der Waals surface area contributed by atoms with Gasteiger partial charge in [0.15, 0.2) is 0 Å². The van der Waals surface area contributed by atoms with Gasteiger partial charge in [-0.25, -0.2) is 0 Å². The van der Waals surface area contributed by atoms with Crippen LogP contribution in [0, 0.1) is 0 Å². The van der Waals surface area contributed by atoms with E-state index < -0.39 is 5.91 Å². The number of carbonyl (C=O) groups is 3. The fourth-order valence-corrected chi connectivity index (χ4v) is 3.26. The number of amides is 3. The number of imide groups is 1. The second kappa shape index (κ2) is 11.6. The number of hydrogen-bond donors (Lipinski definition) is 0. The summed E-state index contributed by atoms with van der Waals surface area (Å²) in [6.07, 6.45) is 6.40. The van der Waals surface area contributed by atoms with Gasteiger partial charge < -0.3 is 14.5 Å². The first-order valence-corrected chi connectivity index (χ1v) is 9.91. The highest BCUT2D eigenvalue weighted by atomic mass is 16.5. The van der Waals surface area contributed by atoms with Gasteiger partial charge in [-0.1, -0.05) is 13.3 Å². The molecule has 1 saturated carbocycles. The van der Waals surface area contributed by atoms with Crippen LogP contribution in [0.4, 0.5) is 0 Å². The Bertz CT molecular complexity index is 625. The molecule has 1 fully saturated rings. The van der Waals surface area contributed by atoms with Gasteiger partial charge in [-0.2, -0.15) is 0 Å². The lowest BCUT2D eigenvalue weighted by Gasteiger charge is -2.27. The van der Waals surface area contributed by atoms with Gasteiger partial charge in [0.05, 0.1) is 12.6 Å². The van der Waals surface area contributed by atoms with Crippen molar-refractivity contribution in [2.24, 2.45) is 0 Å². The van der Waals surface area contributed by atoms with E-state index in [9.17, 15) is 14.4 Å². The minimum atomic E-state index is -0.508. The van der Waals surface area contributed by atoms with Crippen LogP contribution in [0.15, 0.2) is 22.9 Å². The van der Waals surface area contributed by atoms with Crippen molar-refractivity contribution in [1.29, 1.82) is 0 Å². The number of methoxy groups -OCH3 is 1. The van der Waals surface area contributed by atoms with Crippen molar-refractivity contribution in [2.75, 3.05) is 41.4 Å². The zero-order valence-corrected chi connectivity index (χ0v) is 18.2. The fraction of sp³-hybridized carbons (Fsp3) is 0.667. The van der Waals surface area contributed by atoms with Crippen LogP contribution in [0.2, 0.25) is 0 Å². The Kier molecular flexibility index (Phi) is 9.93. The number of allylic oxidation sites excluding steroid dienone is 2. The molecule has 0 heterocycles. The summed E-state index contributed by atoms with van der Waals surface area (Å²) in [5.74, 6) is -0.870. The van der Waals surface area contributed by atoms with E-state index >= 15 is 0 Å². The van der Waals surface area contributed by atoms with Gasteiger partial charge in [-0.3, -0.25) is 19.3 Å². The van der Waals surface area contributed by atoms with E-state index in [1.165, 1.54) is 4.90 Å². The molecule has 0 spiro atoms. The summed E-state index contributed by atoms with van der Waals surface area (Å²) >= 11 is 0. The Labute approximate surface area is 169 Å². The number of carbonyl (C=O) groups excluding carboxylic acids is 3. The third kappa shape index (κ3) is 6.19. The van der Waals surface area contributed by atoms with E-state index in [4.69, 9.17) is 4.74 Å².